The largest absolute Gasteiger partial charge is 0.355 e. The predicted molar refractivity (Wildman–Crippen MR) is 99.6 cm³/mol. The van der Waals surface area contributed by atoms with Gasteiger partial charge in [0.1, 0.15) is 0 Å². The van der Waals surface area contributed by atoms with Gasteiger partial charge in [0.15, 0.2) is 0 Å². The first-order valence-corrected chi connectivity index (χ1v) is 8.55. The zero-order valence-electron chi connectivity index (χ0n) is 13.0. The molecule has 0 saturated heterocycles. The van der Waals surface area contributed by atoms with Crippen molar-refractivity contribution in [3.8, 4) is 0 Å². The maximum absolute atomic E-state index is 12.0. The van der Waals surface area contributed by atoms with Gasteiger partial charge in [-0.1, -0.05) is 12.1 Å². The van der Waals surface area contributed by atoms with Crippen molar-refractivity contribution < 1.29 is 9.59 Å². The van der Waals surface area contributed by atoms with Crippen LogP contribution < -0.4 is 16.0 Å². The van der Waals surface area contributed by atoms with Crippen molar-refractivity contribution in [2.75, 3.05) is 25.0 Å². The number of carbonyl (C=O) groups is 2. The van der Waals surface area contributed by atoms with E-state index in [-0.39, 0.29) is 18.4 Å². The minimum absolute atomic E-state index is 0.0426. The normalized spacial score (nSPS) is 10.0. The van der Waals surface area contributed by atoms with Crippen molar-refractivity contribution in [1.82, 2.24) is 20.6 Å². The van der Waals surface area contributed by atoms with Gasteiger partial charge in [0.05, 0.1) is 12.1 Å². The van der Waals surface area contributed by atoms with Crippen LogP contribution >= 0.6 is 22.6 Å². The van der Waals surface area contributed by atoms with E-state index in [1.807, 2.05) is 12.1 Å². The van der Waals surface area contributed by atoms with Gasteiger partial charge >= 0.3 is 0 Å². The highest BCUT2D eigenvalue weighted by atomic mass is 127. The van der Waals surface area contributed by atoms with Crippen LogP contribution in [0.1, 0.15) is 16.8 Å². The Morgan fingerprint density at radius 3 is 2.50 bits per heavy atom. The highest BCUT2D eigenvalue weighted by molar-refractivity contribution is 14.1. The van der Waals surface area contributed by atoms with Gasteiger partial charge in [-0.05, 0) is 47.2 Å². The molecular formula is C16H18IN5O2. The van der Waals surface area contributed by atoms with Gasteiger partial charge in [-0.25, -0.2) is 9.97 Å². The molecule has 24 heavy (non-hydrogen) atoms. The number of rotatable bonds is 8. The van der Waals surface area contributed by atoms with Crippen molar-refractivity contribution in [2.24, 2.45) is 0 Å². The van der Waals surface area contributed by atoms with Gasteiger partial charge < -0.3 is 16.0 Å². The van der Waals surface area contributed by atoms with Crippen LogP contribution in [0.5, 0.6) is 0 Å². The van der Waals surface area contributed by atoms with E-state index in [4.69, 9.17) is 0 Å². The second kappa shape index (κ2) is 9.81. The molecular weight excluding hydrogens is 421 g/mol. The fourth-order valence-electron chi connectivity index (χ4n) is 1.87. The molecule has 0 spiro atoms. The van der Waals surface area contributed by atoms with Crippen molar-refractivity contribution >= 4 is 40.4 Å². The number of carbonyl (C=O) groups excluding carboxylic acids is 2. The fourth-order valence-corrected chi connectivity index (χ4v) is 2.50. The summed E-state index contributed by atoms with van der Waals surface area (Å²) in [6.45, 7) is 1.12. The van der Waals surface area contributed by atoms with Crippen LogP contribution in [0, 0.1) is 3.57 Å². The second-order valence-electron chi connectivity index (χ2n) is 4.87. The summed E-state index contributed by atoms with van der Waals surface area (Å²) in [5, 5.41) is 8.42. The summed E-state index contributed by atoms with van der Waals surface area (Å²) < 4.78 is 0.849. The number of hydrogen-bond donors (Lipinski definition) is 3. The number of halogens is 1. The van der Waals surface area contributed by atoms with Crippen molar-refractivity contribution in [3.05, 3.63) is 51.9 Å². The zero-order chi connectivity index (χ0) is 17.2. The van der Waals surface area contributed by atoms with Crippen LogP contribution in [0.4, 0.5) is 5.95 Å². The van der Waals surface area contributed by atoms with Gasteiger partial charge in [0.2, 0.25) is 11.9 Å². The molecule has 126 valence electrons. The van der Waals surface area contributed by atoms with Crippen LogP contribution in [0.25, 0.3) is 0 Å². The summed E-state index contributed by atoms with van der Waals surface area (Å²) in [7, 11) is 0. The third-order valence-corrected chi connectivity index (χ3v) is 3.99. The molecule has 0 atom stereocenters. The summed E-state index contributed by atoms with van der Waals surface area (Å²) >= 11 is 2.09. The number of nitrogens with one attached hydrogen (secondary N) is 3. The molecule has 1 aromatic carbocycles. The van der Waals surface area contributed by atoms with E-state index in [9.17, 15) is 9.59 Å². The first-order chi connectivity index (χ1) is 11.7. The average Bonchev–Trinajstić information content (AvgIpc) is 2.60. The van der Waals surface area contributed by atoms with E-state index in [0.717, 1.165) is 9.99 Å². The lowest BCUT2D eigenvalue weighted by molar-refractivity contribution is -0.120. The van der Waals surface area contributed by atoms with E-state index in [1.54, 1.807) is 30.6 Å². The molecule has 0 aliphatic carbocycles. The molecule has 3 N–H and O–H groups in total. The van der Waals surface area contributed by atoms with E-state index >= 15 is 0 Å². The molecule has 0 bridgehead atoms. The van der Waals surface area contributed by atoms with Crippen LogP contribution in [-0.2, 0) is 4.79 Å². The molecule has 1 aromatic heterocycles. The number of aromatic nitrogens is 2. The van der Waals surface area contributed by atoms with E-state index < -0.39 is 0 Å². The monoisotopic (exact) mass is 439 g/mol. The molecule has 0 aliphatic heterocycles. The first-order valence-electron chi connectivity index (χ1n) is 7.47. The predicted octanol–water partition coefficient (Wildman–Crippen LogP) is 1.43. The van der Waals surface area contributed by atoms with Gasteiger partial charge in [0.25, 0.3) is 5.91 Å². The Kier molecular flexibility index (Phi) is 7.40. The van der Waals surface area contributed by atoms with Crippen LogP contribution in [-0.4, -0.2) is 41.4 Å². The second-order valence-corrected chi connectivity index (χ2v) is 6.03. The molecule has 1 heterocycles. The highest BCUT2D eigenvalue weighted by Gasteiger charge is 2.10. The fraction of sp³-hybridized carbons (Fsp3) is 0.250. The SMILES string of the molecule is O=C(CNC(=O)c1ccccc1I)NCCCNc1ncccn1. The van der Waals surface area contributed by atoms with Gasteiger partial charge in [0, 0.05) is 29.1 Å². The molecule has 8 heteroatoms. The summed E-state index contributed by atoms with van der Waals surface area (Å²) in [6.07, 6.45) is 4.05. The Hall–Kier alpha value is -2.23. The van der Waals surface area contributed by atoms with Gasteiger partial charge in [-0.2, -0.15) is 0 Å². The van der Waals surface area contributed by atoms with Gasteiger partial charge in [-0.15, -0.1) is 0 Å². The quantitative estimate of drug-likeness (QED) is 0.427. The smallest absolute Gasteiger partial charge is 0.252 e. The molecule has 2 aromatic rings. The number of nitrogens with zero attached hydrogens (tertiary/aromatic N) is 2. The number of amides is 2. The lowest BCUT2D eigenvalue weighted by atomic mass is 10.2. The maximum Gasteiger partial charge on any atom is 0.252 e. The molecule has 0 saturated carbocycles. The number of benzene rings is 1. The van der Waals surface area contributed by atoms with Crippen LogP contribution in [0.3, 0.4) is 0 Å². The van der Waals surface area contributed by atoms with Gasteiger partial charge in [-0.3, -0.25) is 9.59 Å². The number of hydrogen-bond acceptors (Lipinski definition) is 5. The average molecular weight is 439 g/mol. The van der Waals surface area contributed by atoms with Crippen molar-refractivity contribution in [1.29, 1.82) is 0 Å². The maximum atomic E-state index is 12.0. The minimum Gasteiger partial charge on any atom is -0.355 e. The first kappa shape index (κ1) is 18.1. The zero-order valence-corrected chi connectivity index (χ0v) is 15.1. The number of anilines is 1. The van der Waals surface area contributed by atoms with Crippen LogP contribution in [0.2, 0.25) is 0 Å². The molecule has 2 amide bonds. The Labute approximate surface area is 153 Å². The third kappa shape index (κ3) is 6.11. The summed E-state index contributed by atoms with van der Waals surface area (Å²) in [5.74, 6) is 0.0943. The van der Waals surface area contributed by atoms with E-state index in [1.165, 1.54) is 0 Å². The Morgan fingerprint density at radius 2 is 1.75 bits per heavy atom. The highest BCUT2D eigenvalue weighted by Crippen LogP contribution is 2.10. The van der Waals surface area contributed by atoms with Crippen LogP contribution in [0.15, 0.2) is 42.7 Å². The molecule has 0 radical (unpaired) electrons. The standard InChI is InChI=1S/C16H18IN5O2/c17-13-6-2-1-5-12(13)15(24)22-11-14(23)18-7-3-8-19-16-20-9-4-10-21-16/h1-2,4-6,9-10H,3,7-8,11H2,(H,18,23)(H,22,24)(H,19,20,21). The third-order valence-electron chi connectivity index (χ3n) is 3.05. The van der Waals surface area contributed by atoms with Crippen molar-refractivity contribution in [3.63, 3.8) is 0 Å². The Balaban J connectivity index is 1.60. The molecule has 7 nitrogen and oxygen atoms in total. The minimum atomic E-state index is -0.252. The molecule has 0 aliphatic rings. The summed E-state index contributed by atoms with van der Waals surface area (Å²) in [6, 6.07) is 8.97. The van der Waals surface area contributed by atoms with Crippen molar-refractivity contribution in [2.45, 2.75) is 6.42 Å². The van der Waals surface area contributed by atoms with E-state index in [0.29, 0.717) is 24.6 Å². The molecule has 0 fully saturated rings. The molecule has 2 rings (SSSR count). The summed E-state index contributed by atoms with van der Waals surface area (Å²) in [5.41, 5.74) is 0.568. The molecule has 0 unspecified atom stereocenters. The van der Waals surface area contributed by atoms with E-state index in [2.05, 4.69) is 48.5 Å². The topological polar surface area (TPSA) is 96.0 Å². The lowest BCUT2D eigenvalue weighted by Gasteiger charge is -2.08. The lowest BCUT2D eigenvalue weighted by Crippen LogP contribution is -2.37. The Bertz CT molecular complexity index is 681. The Morgan fingerprint density at radius 1 is 1.00 bits per heavy atom. The summed E-state index contributed by atoms with van der Waals surface area (Å²) in [4.78, 5) is 31.8.